The Balaban J connectivity index is 2.47. The third-order valence-electron chi connectivity index (χ3n) is 2.94. The van der Waals surface area contributed by atoms with Gasteiger partial charge >= 0.3 is 18.0 Å². The molecular formula is C11H17N3O6. The van der Waals surface area contributed by atoms with E-state index in [1.54, 1.807) is 7.05 Å². The number of likely N-dealkylation sites (N-methyl/N-ethyl adjacent to an activating group) is 1. The fourth-order valence-electron chi connectivity index (χ4n) is 1.89. The van der Waals surface area contributed by atoms with E-state index < -0.39 is 30.4 Å². The zero-order chi connectivity index (χ0) is 15.3. The van der Waals surface area contributed by atoms with Crippen LogP contribution in [-0.4, -0.2) is 64.7 Å². The fraction of sp³-hybridized carbons (Fsp3) is 0.636. The minimum absolute atomic E-state index is 0.0160. The summed E-state index contributed by atoms with van der Waals surface area (Å²) in [5, 5.41) is 22.0. The number of carbonyl (C=O) groups is 4. The number of nitrogens with one attached hydrogen (secondary N) is 2. The Bertz CT molecular complexity index is 424. The third-order valence-corrected chi connectivity index (χ3v) is 2.94. The van der Waals surface area contributed by atoms with Crippen molar-refractivity contribution in [3.05, 3.63) is 0 Å². The summed E-state index contributed by atoms with van der Waals surface area (Å²) in [5.74, 6) is -2.75. The molecule has 1 saturated heterocycles. The van der Waals surface area contributed by atoms with E-state index in [1.165, 1.54) is 4.90 Å². The molecule has 1 aliphatic heterocycles. The van der Waals surface area contributed by atoms with Crippen LogP contribution < -0.4 is 10.6 Å². The summed E-state index contributed by atoms with van der Waals surface area (Å²) in [7, 11) is 1.61. The number of carboxylic acid groups (broad SMARTS) is 2. The van der Waals surface area contributed by atoms with Gasteiger partial charge in [0, 0.05) is 26.1 Å². The summed E-state index contributed by atoms with van der Waals surface area (Å²) in [5.41, 5.74) is 0. The maximum Gasteiger partial charge on any atom is 0.326 e. The molecule has 1 fully saturated rings. The highest BCUT2D eigenvalue weighted by atomic mass is 16.4. The van der Waals surface area contributed by atoms with Crippen LogP contribution in [0.5, 0.6) is 0 Å². The lowest BCUT2D eigenvalue weighted by molar-refractivity contribution is -0.145. The van der Waals surface area contributed by atoms with Crippen LogP contribution in [0.3, 0.4) is 0 Å². The lowest BCUT2D eigenvalue weighted by Gasteiger charge is -2.30. The predicted octanol–water partition coefficient (Wildman–Crippen LogP) is -1.17. The maximum atomic E-state index is 11.6. The number of rotatable bonds is 5. The molecule has 9 heteroatoms. The summed E-state index contributed by atoms with van der Waals surface area (Å²) >= 11 is 0. The first-order valence-electron chi connectivity index (χ1n) is 6.05. The van der Waals surface area contributed by atoms with Crippen molar-refractivity contribution in [2.75, 3.05) is 13.6 Å². The van der Waals surface area contributed by atoms with Gasteiger partial charge in [-0.05, 0) is 6.42 Å². The average Bonchev–Trinajstić information content (AvgIpc) is 2.32. The number of carbonyl (C=O) groups excluding carboxylic acids is 2. The predicted molar refractivity (Wildman–Crippen MR) is 66.0 cm³/mol. The molecule has 0 aromatic heterocycles. The summed E-state index contributed by atoms with van der Waals surface area (Å²) in [6.45, 7) is 0.336. The molecule has 9 nitrogen and oxygen atoms in total. The summed E-state index contributed by atoms with van der Waals surface area (Å²) < 4.78 is 0. The molecule has 4 N–H and O–H groups in total. The van der Waals surface area contributed by atoms with Gasteiger partial charge < -0.3 is 25.7 Å². The van der Waals surface area contributed by atoms with E-state index in [0.717, 1.165) is 0 Å². The van der Waals surface area contributed by atoms with Crippen molar-refractivity contribution in [1.82, 2.24) is 15.5 Å². The van der Waals surface area contributed by atoms with E-state index in [-0.39, 0.29) is 11.9 Å². The molecular weight excluding hydrogens is 270 g/mol. The van der Waals surface area contributed by atoms with Gasteiger partial charge in [0.05, 0.1) is 6.42 Å². The standard InChI is InChI=1S/C11H17N3O6/c1-14-5-6(2-3-8(14)15)12-11(20)13-7(10(18)19)4-9(16)17/h6-7H,2-5H2,1H3,(H,16,17)(H,18,19)(H2,12,13,20). The molecule has 1 rings (SSSR count). The smallest absolute Gasteiger partial charge is 0.326 e. The number of hydrogen-bond acceptors (Lipinski definition) is 4. The van der Waals surface area contributed by atoms with Gasteiger partial charge in [-0.3, -0.25) is 9.59 Å². The van der Waals surface area contributed by atoms with Gasteiger partial charge in [0.1, 0.15) is 6.04 Å². The summed E-state index contributed by atoms with van der Waals surface area (Å²) in [6, 6.07) is -2.53. The van der Waals surface area contributed by atoms with Crippen molar-refractivity contribution in [2.45, 2.75) is 31.3 Å². The minimum Gasteiger partial charge on any atom is -0.481 e. The van der Waals surface area contributed by atoms with Crippen LogP contribution in [0, 0.1) is 0 Å². The van der Waals surface area contributed by atoms with Crippen molar-refractivity contribution in [3.8, 4) is 0 Å². The molecule has 20 heavy (non-hydrogen) atoms. The van der Waals surface area contributed by atoms with Gasteiger partial charge in [-0.25, -0.2) is 9.59 Å². The Hall–Kier alpha value is -2.32. The minimum atomic E-state index is -1.49. The number of piperidine rings is 1. The Morgan fingerprint density at radius 2 is 2.05 bits per heavy atom. The lowest BCUT2D eigenvalue weighted by atomic mass is 10.1. The second-order valence-corrected chi connectivity index (χ2v) is 4.62. The average molecular weight is 287 g/mol. The third kappa shape index (κ3) is 4.75. The van der Waals surface area contributed by atoms with E-state index in [9.17, 15) is 19.2 Å². The molecule has 0 aromatic carbocycles. The van der Waals surface area contributed by atoms with Crippen LogP contribution in [0.25, 0.3) is 0 Å². The maximum absolute atomic E-state index is 11.6. The number of carboxylic acids is 2. The van der Waals surface area contributed by atoms with Gasteiger partial charge in [-0.2, -0.15) is 0 Å². The zero-order valence-corrected chi connectivity index (χ0v) is 11.0. The molecule has 112 valence electrons. The number of nitrogens with zero attached hydrogens (tertiary/aromatic N) is 1. The highest BCUT2D eigenvalue weighted by Crippen LogP contribution is 2.09. The van der Waals surface area contributed by atoms with Crippen molar-refractivity contribution < 1.29 is 29.4 Å². The molecule has 1 aliphatic rings. The number of hydrogen-bond donors (Lipinski definition) is 4. The number of amides is 3. The second kappa shape index (κ2) is 6.73. The van der Waals surface area contributed by atoms with Crippen molar-refractivity contribution in [2.24, 2.45) is 0 Å². The van der Waals surface area contributed by atoms with Crippen LogP contribution in [0.15, 0.2) is 0 Å². The molecule has 0 aliphatic carbocycles. The normalized spacial score (nSPS) is 20.1. The quantitative estimate of drug-likeness (QED) is 0.503. The largest absolute Gasteiger partial charge is 0.481 e. The SMILES string of the molecule is CN1CC(NC(=O)NC(CC(=O)O)C(=O)O)CCC1=O. The van der Waals surface area contributed by atoms with Crippen LogP contribution in [-0.2, 0) is 14.4 Å². The molecule has 2 unspecified atom stereocenters. The van der Waals surface area contributed by atoms with Crippen molar-refractivity contribution in [3.63, 3.8) is 0 Å². The molecule has 3 amide bonds. The van der Waals surface area contributed by atoms with Crippen LogP contribution in [0.2, 0.25) is 0 Å². The number of urea groups is 1. The van der Waals surface area contributed by atoms with Crippen LogP contribution in [0.4, 0.5) is 4.79 Å². The van der Waals surface area contributed by atoms with Crippen LogP contribution >= 0.6 is 0 Å². The molecule has 0 spiro atoms. The molecule has 0 saturated carbocycles. The van der Waals surface area contributed by atoms with Gasteiger partial charge in [0.2, 0.25) is 5.91 Å². The Kier molecular flexibility index (Phi) is 5.30. The second-order valence-electron chi connectivity index (χ2n) is 4.62. The molecule has 2 atom stereocenters. The Morgan fingerprint density at radius 1 is 1.40 bits per heavy atom. The first-order chi connectivity index (χ1) is 9.29. The van der Waals surface area contributed by atoms with Crippen molar-refractivity contribution in [1.29, 1.82) is 0 Å². The molecule has 0 radical (unpaired) electrons. The highest BCUT2D eigenvalue weighted by molar-refractivity contribution is 5.86. The molecule has 0 bridgehead atoms. The van der Waals surface area contributed by atoms with Gasteiger partial charge in [-0.15, -0.1) is 0 Å². The highest BCUT2D eigenvalue weighted by Gasteiger charge is 2.27. The fourth-order valence-corrected chi connectivity index (χ4v) is 1.89. The summed E-state index contributed by atoms with van der Waals surface area (Å²) in [6.07, 6.45) is 0.0675. The van der Waals surface area contributed by atoms with Crippen molar-refractivity contribution >= 4 is 23.9 Å². The van der Waals surface area contributed by atoms with Gasteiger partial charge in [0.25, 0.3) is 0 Å². The first-order valence-corrected chi connectivity index (χ1v) is 6.05. The Labute approximate surface area is 114 Å². The lowest BCUT2D eigenvalue weighted by Crippen LogP contribution is -2.54. The van der Waals surface area contributed by atoms with Crippen LogP contribution in [0.1, 0.15) is 19.3 Å². The first kappa shape index (κ1) is 15.7. The van der Waals surface area contributed by atoms with Gasteiger partial charge in [-0.1, -0.05) is 0 Å². The van der Waals surface area contributed by atoms with E-state index >= 15 is 0 Å². The van der Waals surface area contributed by atoms with Gasteiger partial charge in [0.15, 0.2) is 0 Å². The summed E-state index contributed by atoms with van der Waals surface area (Å²) in [4.78, 5) is 45.6. The number of likely N-dealkylation sites (tertiary alicyclic amines) is 1. The van der Waals surface area contributed by atoms with E-state index in [2.05, 4.69) is 10.6 Å². The zero-order valence-electron chi connectivity index (χ0n) is 11.0. The molecule has 0 aromatic rings. The topological polar surface area (TPSA) is 136 Å². The van der Waals surface area contributed by atoms with E-state index in [0.29, 0.717) is 19.4 Å². The molecule has 1 heterocycles. The number of aliphatic carboxylic acids is 2. The monoisotopic (exact) mass is 287 g/mol. The Morgan fingerprint density at radius 3 is 2.55 bits per heavy atom. The van der Waals surface area contributed by atoms with E-state index in [1.807, 2.05) is 0 Å². The van der Waals surface area contributed by atoms with E-state index in [4.69, 9.17) is 10.2 Å².